The summed E-state index contributed by atoms with van der Waals surface area (Å²) in [6.45, 7) is 0. The highest BCUT2D eigenvalue weighted by molar-refractivity contribution is 8.12. The van der Waals surface area contributed by atoms with Crippen LogP contribution in [0.25, 0.3) is 0 Å². The molecule has 1 aliphatic rings. The van der Waals surface area contributed by atoms with Crippen LogP contribution in [0.3, 0.4) is 0 Å². The molecule has 1 fully saturated rings. The van der Waals surface area contributed by atoms with E-state index >= 15 is 0 Å². The number of carbonyl (C=O) groups is 1. The van der Waals surface area contributed by atoms with Crippen LogP contribution in [-0.4, -0.2) is 18.6 Å². The van der Waals surface area contributed by atoms with Crippen molar-refractivity contribution in [2.45, 2.75) is 12.5 Å². The normalized spacial score (nSPS) is 20.8. The zero-order valence-corrected chi connectivity index (χ0v) is 9.50. The minimum absolute atomic E-state index is 0.0670. The Labute approximate surface area is 96.2 Å². The molecule has 16 heavy (non-hydrogen) atoms. The quantitative estimate of drug-likeness (QED) is 0.601. The van der Waals surface area contributed by atoms with Crippen molar-refractivity contribution in [3.63, 3.8) is 0 Å². The van der Waals surface area contributed by atoms with Gasteiger partial charge in [-0.3, -0.25) is 4.79 Å². The molecule has 1 atom stereocenters. The molecular weight excluding hydrogens is 257 g/mol. The molecule has 0 spiro atoms. The van der Waals surface area contributed by atoms with Crippen LogP contribution in [0.1, 0.15) is 18.0 Å². The van der Waals surface area contributed by atoms with Crippen LogP contribution in [0.15, 0.2) is 24.3 Å². The minimum Gasteiger partial charge on any atom is -0.274 e. The number of rotatable bonds is 2. The average Bonchev–Trinajstić information content (AvgIpc) is 2.13. The number of amides is 1. The maximum atomic E-state index is 12.7. The van der Waals surface area contributed by atoms with Gasteiger partial charge < -0.3 is 0 Å². The van der Waals surface area contributed by atoms with E-state index < -0.39 is 27.0 Å². The summed E-state index contributed by atoms with van der Waals surface area (Å²) in [6, 6.07) is 4.66. The van der Waals surface area contributed by atoms with Gasteiger partial charge in [0, 0.05) is 10.7 Å². The first kappa shape index (κ1) is 11.3. The molecule has 4 nitrogen and oxygen atoms in total. The molecular formula is C9H7ClFNO3S. The van der Waals surface area contributed by atoms with Gasteiger partial charge in [0.2, 0.25) is 5.91 Å². The number of hydrogen-bond donors (Lipinski definition) is 0. The van der Waals surface area contributed by atoms with E-state index in [9.17, 15) is 17.6 Å². The third kappa shape index (κ3) is 1.90. The fraction of sp³-hybridized carbons (Fsp3) is 0.222. The van der Waals surface area contributed by atoms with Crippen molar-refractivity contribution >= 4 is 25.8 Å². The van der Waals surface area contributed by atoms with Crippen LogP contribution in [-0.2, 0) is 14.0 Å². The molecule has 0 radical (unpaired) electrons. The van der Waals surface area contributed by atoms with E-state index in [4.69, 9.17) is 10.7 Å². The maximum absolute atomic E-state index is 12.7. The minimum atomic E-state index is -4.06. The van der Waals surface area contributed by atoms with Gasteiger partial charge >= 0.3 is 9.24 Å². The topological polar surface area (TPSA) is 54.5 Å². The Bertz CT molecular complexity index is 528. The Kier molecular flexibility index (Phi) is 2.63. The highest BCUT2D eigenvalue weighted by Gasteiger charge is 2.44. The van der Waals surface area contributed by atoms with Gasteiger partial charge in [-0.15, -0.1) is 0 Å². The van der Waals surface area contributed by atoms with E-state index in [0.29, 0.717) is 9.87 Å². The van der Waals surface area contributed by atoms with Crippen LogP contribution in [0.2, 0.25) is 0 Å². The van der Waals surface area contributed by atoms with Crippen molar-refractivity contribution in [3.05, 3.63) is 35.6 Å². The summed E-state index contributed by atoms with van der Waals surface area (Å²) < 4.78 is 35.4. The van der Waals surface area contributed by atoms with Gasteiger partial charge in [-0.25, -0.2) is 8.70 Å². The highest BCUT2D eigenvalue weighted by Crippen LogP contribution is 2.37. The summed E-state index contributed by atoms with van der Waals surface area (Å²) in [6.07, 6.45) is 0.0670. The largest absolute Gasteiger partial charge is 0.324 e. The number of benzene rings is 1. The number of nitrogens with zero attached hydrogens (tertiary/aromatic N) is 1. The Morgan fingerprint density at radius 3 is 2.31 bits per heavy atom. The molecule has 0 aliphatic carbocycles. The Morgan fingerprint density at radius 1 is 1.31 bits per heavy atom. The molecule has 1 aromatic carbocycles. The smallest absolute Gasteiger partial charge is 0.274 e. The van der Waals surface area contributed by atoms with E-state index in [-0.39, 0.29) is 6.42 Å². The van der Waals surface area contributed by atoms with Gasteiger partial charge in [-0.1, -0.05) is 12.1 Å². The summed E-state index contributed by atoms with van der Waals surface area (Å²) >= 11 is 0. The average molecular weight is 264 g/mol. The summed E-state index contributed by atoms with van der Waals surface area (Å²) in [5.74, 6) is -0.973. The Hall–Kier alpha value is -1.14. The van der Waals surface area contributed by atoms with Gasteiger partial charge in [0.05, 0.1) is 12.5 Å². The first-order valence-corrected chi connectivity index (χ1v) is 6.68. The summed E-state index contributed by atoms with van der Waals surface area (Å²) in [7, 11) is 1.05. The van der Waals surface area contributed by atoms with Crippen molar-refractivity contribution in [1.82, 2.24) is 4.31 Å². The number of halogens is 2. The van der Waals surface area contributed by atoms with Crippen LogP contribution < -0.4 is 0 Å². The Morgan fingerprint density at radius 2 is 1.88 bits per heavy atom. The number of β-lactam (4-membered cyclic amide) rings is 1. The lowest BCUT2D eigenvalue weighted by molar-refractivity contribution is -0.137. The van der Waals surface area contributed by atoms with E-state index in [1.807, 2.05) is 0 Å². The molecule has 0 bridgehead atoms. The fourth-order valence-corrected chi connectivity index (χ4v) is 2.95. The van der Waals surface area contributed by atoms with Crippen LogP contribution in [0.5, 0.6) is 0 Å². The molecule has 0 saturated carbocycles. The monoisotopic (exact) mass is 263 g/mol. The van der Waals surface area contributed by atoms with Crippen LogP contribution >= 0.6 is 10.7 Å². The summed E-state index contributed by atoms with van der Waals surface area (Å²) in [5, 5.41) is 0. The van der Waals surface area contributed by atoms with E-state index in [1.165, 1.54) is 24.3 Å². The van der Waals surface area contributed by atoms with Crippen LogP contribution in [0.4, 0.5) is 4.39 Å². The molecule has 86 valence electrons. The lowest BCUT2D eigenvalue weighted by Gasteiger charge is -2.37. The van der Waals surface area contributed by atoms with Gasteiger partial charge in [0.1, 0.15) is 5.82 Å². The SMILES string of the molecule is O=C1CC(c2ccc(F)cc2)N1S(=O)(=O)Cl. The molecule has 1 aromatic rings. The van der Waals surface area contributed by atoms with Crippen LogP contribution in [0, 0.1) is 5.82 Å². The number of carbonyl (C=O) groups excluding carboxylic acids is 1. The van der Waals surface area contributed by atoms with Gasteiger partial charge in [0.15, 0.2) is 0 Å². The molecule has 1 heterocycles. The highest BCUT2D eigenvalue weighted by atomic mass is 35.7. The second kappa shape index (κ2) is 3.71. The van der Waals surface area contributed by atoms with Gasteiger partial charge in [-0.05, 0) is 17.7 Å². The van der Waals surface area contributed by atoms with E-state index in [2.05, 4.69) is 0 Å². The molecule has 1 unspecified atom stereocenters. The standard InChI is InChI=1S/C9H7ClFNO3S/c10-16(14,15)12-8(5-9(12)13)6-1-3-7(11)4-2-6/h1-4,8H,5H2. The molecule has 2 rings (SSSR count). The van der Waals surface area contributed by atoms with E-state index in [0.717, 1.165) is 0 Å². The molecule has 1 amide bonds. The summed E-state index contributed by atoms with van der Waals surface area (Å²) in [4.78, 5) is 11.1. The third-order valence-electron chi connectivity index (χ3n) is 2.39. The lowest BCUT2D eigenvalue weighted by Crippen LogP contribution is -2.47. The zero-order chi connectivity index (χ0) is 11.9. The van der Waals surface area contributed by atoms with E-state index in [1.54, 1.807) is 0 Å². The first-order chi connectivity index (χ1) is 7.39. The number of hydrogen-bond acceptors (Lipinski definition) is 3. The van der Waals surface area contributed by atoms with Crippen molar-refractivity contribution in [2.24, 2.45) is 0 Å². The van der Waals surface area contributed by atoms with Crippen molar-refractivity contribution in [1.29, 1.82) is 0 Å². The molecule has 0 N–H and O–H groups in total. The summed E-state index contributed by atoms with van der Waals surface area (Å²) in [5.41, 5.74) is 0.547. The zero-order valence-electron chi connectivity index (χ0n) is 7.93. The molecule has 7 heteroatoms. The second-order valence-corrected chi connectivity index (χ2v) is 5.79. The lowest BCUT2D eigenvalue weighted by atomic mass is 9.97. The first-order valence-electron chi connectivity index (χ1n) is 4.42. The molecule has 0 aromatic heterocycles. The van der Waals surface area contributed by atoms with Crippen molar-refractivity contribution < 1.29 is 17.6 Å². The van der Waals surface area contributed by atoms with Gasteiger partial charge in [0.25, 0.3) is 0 Å². The Balaban J connectivity index is 2.30. The third-order valence-corrected chi connectivity index (χ3v) is 3.76. The van der Waals surface area contributed by atoms with Gasteiger partial charge in [-0.2, -0.15) is 8.42 Å². The fourth-order valence-electron chi connectivity index (χ4n) is 1.61. The predicted molar refractivity (Wildman–Crippen MR) is 55.4 cm³/mol. The predicted octanol–water partition coefficient (Wildman–Crippen LogP) is 1.58. The van der Waals surface area contributed by atoms with Crippen molar-refractivity contribution in [3.8, 4) is 0 Å². The van der Waals surface area contributed by atoms with Crippen molar-refractivity contribution in [2.75, 3.05) is 0 Å². The maximum Gasteiger partial charge on any atom is 0.324 e. The second-order valence-electron chi connectivity index (χ2n) is 3.40. The molecule has 1 saturated heterocycles. The molecule has 1 aliphatic heterocycles.